The molecular weight excluding hydrogens is 312 g/mol. The molecule has 3 heterocycles. The van der Waals surface area contributed by atoms with Crippen LogP contribution in [0.4, 0.5) is 5.95 Å². The third-order valence-electron chi connectivity index (χ3n) is 4.10. The maximum atomic E-state index is 12.5. The van der Waals surface area contributed by atoms with Gasteiger partial charge in [-0.25, -0.2) is 9.97 Å². The highest BCUT2D eigenvalue weighted by Gasteiger charge is 2.39. The third kappa shape index (κ3) is 3.35. The van der Waals surface area contributed by atoms with E-state index in [-0.39, 0.29) is 5.91 Å². The van der Waals surface area contributed by atoms with Crippen molar-refractivity contribution in [1.82, 2.24) is 14.9 Å². The standard InChI is InChI=1S/C16H20N4O2S/c1-12-4-9-23-13(12)14(21)19(2)10-16(22)5-8-20(11-16)15-17-6-3-7-18-15/h3-4,6-7,9,22H,5,8,10-11H2,1-2H3/t16-/m0/s1. The predicted molar refractivity (Wildman–Crippen MR) is 89.8 cm³/mol. The quantitative estimate of drug-likeness (QED) is 0.920. The van der Waals surface area contributed by atoms with E-state index in [0.29, 0.717) is 32.0 Å². The topological polar surface area (TPSA) is 69.6 Å². The van der Waals surface area contributed by atoms with Gasteiger partial charge in [-0.05, 0) is 36.4 Å². The molecule has 1 amide bonds. The lowest BCUT2D eigenvalue weighted by Crippen LogP contribution is -2.46. The molecule has 1 atom stereocenters. The fourth-order valence-electron chi connectivity index (χ4n) is 2.89. The molecule has 0 aliphatic carbocycles. The van der Waals surface area contributed by atoms with Gasteiger partial charge in [0.25, 0.3) is 5.91 Å². The van der Waals surface area contributed by atoms with Crippen LogP contribution < -0.4 is 4.90 Å². The van der Waals surface area contributed by atoms with Crippen molar-refractivity contribution in [3.8, 4) is 0 Å². The highest BCUT2D eigenvalue weighted by atomic mass is 32.1. The van der Waals surface area contributed by atoms with E-state index >= 15 is 0 Å². The molecule has 0 spiro atoms. The lowest BCUT2D eigenvalue weighted by atomic mass is 10.0. The normalized spacial score (nSPS) is 20.7. The van der Waals surface area contributed by atoms with Gasteiger partial charge in [0, 0.05) is 26.0 Å². The van der Waals surface area contributed by atoms with Crippen LogP contribution in [0.3, 0.4) is 0 Å². The Morgan fingerprint density at radius 2 is 2.22 bits per heavy atom. The van der Waals surface area contributed by atoms with Crippen molar-refractivity contribution in [2.45, 2.75) is 18.9 Å². The number of carbonyl (C=O) groups excluding carboxylic acids is 1. The van der Waals surface area contributed by atoms with Gasteiger partial charge in [0.05, 0.1) is 18.0 Å². The molecule has 122 valence electrons. The summed E-state index contributed by atoms with van der Waals surface area (Å²) in [5.74, 6) is 0.576. The molecule has 2 aromatic rings. The summed E-state index contributed by atoms with van der Waals surface area (Å²) in [7, 11) is 1.74. The molecule has 2 aromatic heterocycles. The Morgan fingerprint density at radius 1 is 1.48 bits per heavy atom. The summed E-state index contributed by atoms with van der Waals surface area (Å²) in [5, 5.41) is 12.7. The van der Waals surface area contributed by atoms with Crippen LogP contribution in [0.2, 0.25) is 0 Å². The zero-order valence-electron chi connectivity index (χ0n) is 13.3. The maximum absolute atomic E-state index is 12.5. The largest absolute Gasteiger partial charge is 0.386 e. The summed E-state index contributed by atoms with van der Waals surface area (Å²) in [6, 6.07) is 3.70. The van der Waals surface area contributed by atoms with E-state index in [1.807, 2.05) is 23.3 Å². The molecule has 23 heavy (non-hydrogen) atoms. The van der Waals surface area contributed by atoms with Crippen LogP contribution in [0.5, 0.6) is 0 Å². The van der Waals surface area contributed by atoms with Gasteiger partial charge >= 0.3 is 0 Å². The molecule has 3 rings (SSSR count). The Hall–Kier alpha value is -1.99. The number of amides is 1. The van der Waals surface area contributed by atoms with Crippen molar-refractivity contribution in [2.75, 3.05) is 31.6 Å². The van der Waals surface area contributed by atoms with Crippen LogP contribution >= 0.6 is 11.3 Å². The zero-order valence-corrected chi connectivity index (χ0v) is 14.1. The highest BCUT2D eigenvalue weighted by Crippen LogP contribution is 2.26. The van der Waals surface area contributed by atoms with Crippen molar-refractivity contribution in [3.63, 3.8) is 0 Å². The molecule has 1 saturated heterocycles. The van der Waals surface area contributed by atoms with Gasteiger partial charge in [0.1, 0.15) is 5.60 Å². The number of thiophene rings is 1. The minimum Gasteiger partial charge on any atom is -0.386 e. The Morgan fingerprint density at radius 3 is 2.87 bits per heavy atom. The first-order chi connectivity index (χ1) is 11.0. The summed E-state index contributed by atoms with van der Waals surface area (Å²) in [5.41, 5.74) is 0.0407. The lowest BCUT2D eigenvalue weighted by molar-refractivity contribution is 0.0266. The highest BCUT2D eigenvalue weighted by molar-refractivity contribution is 7.12. The van der Waals surface area contributed by atoms with Crippen molar-refractivity contribution in [1.29, 1.82) is 0 Å². The van der Waals surface area contributed by atoms with Gasteiger partial charge < -0.3 is 14.9 Å². The number of rotatable bonds is 4. The Labute approximate surface area is 139 Å². The van der Waals surface area contributed by atoms with E-state index in [9.17, 15) is 9.90 Å². The first-order valence-electron chi connectivity index (χ1n) is 7.52. The van der Waals surface area contributed by atoms with Crippen molar-refractivity contribution < 1.29 is 9.90 Å². The van der Waals surface area contributed by atoms with E-state index < -0.39 is 5.60 Å². The minimum atomic E-state index is -0.936. The molecule has 0 saturated carbocycles. The second-order valence-corrected chi connectivity index (χ2v) is 6.95. The van der Waals surface area contributed by atoms with Gasteiger partial charge in [-0.1, -0.05) is 0 Å². The summed E-state index contributed by atoms with van der Waals surface area (Å²) in [6.07, 6.45) is 3.97. The lowest BCUT2D eigenvalue weighted by Gasteiger charge is -2.28. The number of hydrogen-bond donors (Lipinski definition) is 1. The van der Waals surface area contributed by atoms with E-state index in [4.69, 9.17) is 0 Å². The third-order valence-corrected chi connectivity index (χ3v) is 5.11. The molecule has 0 aromatic carbocycles. The first-order valence-corrected chi connectivity index (χ1v) is 8.40. The van der Waals surface area contributed by atoms with Gasteiger partial charge in [-0.3, -0.25) is 4.79 Å². The Balaban J connectivity index is 1.66. The van der Waals surface area contributed by atoms with Gasteiger partial charge in [-0.15, -0.1) is 11.3 Å². The molecule has 0 radical (unpaired) electrons. The molecular formula is C16H20N4O2S. The fourth-order valence-corrected chi connectivity index (χ4v) is 3.81. The number of hydrogen-bond acceptors (Lipinski definition) is 6. The van der Waals surface area contributed by atoms with Crippen molar-refractivity contribution in [2.24, 2.45) is 0 Å². The number of carbonyl (C=O) groups is 1. The monoisotopic (exact) mass is 332 g/mol. The van der Waals surface area contributed by atoms with Gasteiger partial charge in [0.2, 0.25) is 5.95 Å². The van der Waals surface area contributed by atoms with Gasteiger partial charge in [0.15, 0.2) is 0 Å². The number of aryl methyl sites for hydroxylation is 1. The average molecular weight is 332 g/mol. The Kier molecular flexibility index (Phi) is 4.32. The number of anilines is 1. The second kappa shape index (κ2) is 6.25. The van der Waals surface area contributed by atoms with Crippen molar-refractivity contribution in [3.05, 3.63) is 40.3 Å². The summed E-state index contributed by atoms with van der Waals surface area (Å²) in [6.45, 7) is 3.33. The molecule has 1 aliphatic heterocycles. The Bertz CT molecular complexity index is 690. The molecule has 1 N–H and O–H groups in total. The SMILES string of the molecule is Cc1ccsc1C(=O)N(C)C[C@@]1(O)CCN(c2ncccn2)C1. The molecule has 1 aliphatic rings. The fraction of sp³-hybridized carbons (Fsp3) is 0.438. The molecule has 6 nitrogen and oxygen atoms in total. The number of aliphatic hydroxyl groups is 1. The van der Waals surface area contributed by atoms with Crippen LogP contribution in [-0.4, -0.2) is 58.2 Å². The number of aromatic nitrogens is 2. The second-order valence-electron chi connectivity index (χ2n) is 6.04. The molecule has 0 unspecified atom stereocenters. The number of β-amino-alcohol motifs (C(OH)–C–C–N with tert-alkyl or cyclic N) is 1. The van der Waals surface area contributed by atoms with Crippen LogP contribution in [0.15, 0.2) is 29.9 Å². The molecule has 0 bridgehead atoms. The van der Waals surface area contributed by atoms with Gasteiger partial charge in [-0.2, -0.15) is 0 Å². The maximum Gasteiger partial charge on any atom is 0.264 e. The average Bonchev–Trinajstić information content (AvgIpc) is 3.13. The van der Waals surface area contributed by atoms with Crippen LogP contribution in [0.25, 0.3) is 0 Å². The van der Waals surface area contributed by atoms with Crippen LogP contribution in [-0.2, 0) is 0 Å². The smallest absolute Gasteiger partial charge is 0.264 e. The first kappa shape index (κ1) is 15.9. The summed E-state index contributed by atoms with van der Waals surface area (Å²) >= 11 is 1.44. The molecule has 1 fully saturated rings. The predicted octanol–water partition coefficient (Wildman–Crippen LogP) is 1.56. The van der Waals surface area contributed by atoms with E-state index in [0.717, 1.165) is 10.4 Å². The van der Waals surface area contributed by atoms with E-state index in [1.165, 1.54) is 11.3 Å². The summed E-state index contributed by atoms with van der Waals surface area (Å²) < 4.78 is 0. The van der Waals surface area contributed by atoms with E-state index in [2.05, 4.69) is 9.97 Å². The van der Waals surface area contributed by atoms with Crippen molar-refractivity contribution >= 4 is 23.2 Å². The minimum absolute atomic E-state index is 0.0414. The number of nitrogens with zero attached hydrogens (tertiary/aromatic N) is 4. The molecule has 7 heteroatoms. The van der Waals surface area contributed by atoms with Crippen LogP contribution in [0, 0.1) is 6.92 Å². The summed E-state index contributed by atoms with van der Waals surface area (Å²) in [4.78, 5) is 25.2. The number of likely N-dealkylation sites (N-methyl/N-ethyl adjacent to an activating group) is 1. The van der Waals surface area contributed by atoms with Crippen LogP contribution in [0.1, 0.15) is 21.7 Å². The van der Waals surface area contributed by atoms with E-state index in [1.54, 1.807) is 30.4 Å². The zero-order chi connectivity index (χ0) is 16.4.